The molecule has 3 aromatic rings. The molecular formula is C21H19N3O2S. The van der Waals surface area contributed by atoms with Gasteiger partial charge in [-0.2, -0.15) is 0 Å². The highest BCUT2D eigenvalue weighted by atomic mass is 32.1. The molecule has 0 spiro atoms. The number of amides is 2. The lowest BCUT2D eigenvalue weighted by atomic mass is 10.1. The molecule has 2 amide bonds. The molecule has 5 nitrogen and oxygen atoms in total. The third-order valence-corrected chi connectivity index (χ3v) is 4.62. The first-order valence-electron chi connectivity index (χ1n) is 8.42. The van der Waals surface area contributed by atoms with Gasteiger partial charge in [-0.05, 0) is 54.3 Å². The highest BCUT2D eigenvalue weighted by Crippen LogP contribution is 2.13. The summed E-state index contributed by atoms with van der Waals surface area (Å²) in [6.45, 7) is 2.27. The molecule has 2 heterocycles. The van der Waals surface area contributed by atoms with Crippen molar-refractivity contribution in [2.24, 2.45) is 0 Å². The van der Waals surface area contributed by atoms with Crippen molar-refractivity contribution in [2.75, 3.05) is 0 Å². The van der Waals surface area contributed by atoms with E-state index in [9.17, 15) is 9.59 Å². The second kappa shape index (κ2) is 8.91. The molecule has 0 aliphatic carbocycles. The standard InChI is InChI=1S/C21H19N3O2S/c1-15-4-2-5-17(12-15)20(25)24-19(13-18-6-3-11-27-18)21(26)23-14-16-7-9-22-10-8-16/h2-13H,14H2,1H3,(H,23,26)(H,24,25)/b19-13-. The van der Waals surface area contributed by atoms with Gasteiger partial charge in [-0.25, -0.2) is 0 Å². The molecule has 0 bridgehead atoms. The maximum Gasteiger partial charge on any atom is 0.268 e. The van der Waals surface area contributed by atoms with Crippen LogP contribution >= 0.6 is 11.3 Å². The van der Waals surface area contributed by atoms with Gasteiger partial charge >= 0.3 is 0 Å². The van der Waals surface area contributed by atoms with E-state index < -0.39 is 0 Å². The van der Waals surface area contributed by atoms with E-state index in [-0.39, 0.29) is 17.5 Å². The van der Waals surface area contributed by atoms with Crippen molar-refractivity contribution in [3.05, 3.63) is 93.6 Å². The minimum Gasteiger partial charge on any atom is -0.347 e. The third kappa shape index (κ3) is 5.36. The van der Waals surface area contributed by atoms with Crippen LogP contribution in [0.3, 0.4) is 0 Å². The smallest absolute Gasteiger partial charge is 0.268 e. The van der Waals surface area contributed by atoms with Gasteiger partial charge in [0.25, 0.3) is 11.8 Å². The van der Waals surface area contributed by atoms with Crippen molar-refractivity contribution < 1.29 is 9.59 Å². The molecule has 27 heavy (non-hydrogen) atoms. The summed E-state index contributed by atoms with van der Waals surface area (Å²) >= 11 is 1.49. The number of thiophene rings is 1. The fraction of sp³-hybridized carbons (Fsp3) is 0.0952. The van der Waals surface area contributed by atoms with Crippen molar-refractivity contribution in [3.8, 4) is 0 Å². The SMILES string of the molecule is Cc1cccc(C(=O)N/C(=C\c2cccs2)C(=O)NCc2ccncc2)c1. The molecular weight excluding hydrogens is 358 g/mol. The molecule has 0 aliphatic rings. The summed E-state index contributed by atoms with van der Waals surface area (Å²) in [5, 5.41) is 7.49. The van der Waals surface area contributed by atoms with E-state index in [1.165, 1.54) is 11.3 Å². The molecule has 0 aliphatic heterocycles. The van der Waals surface area contributed by atoms with Crippen LogP contribution in [0.4, 0.5) is 0 Å². The summed E-state index contributed by atoms with van der Waals surface area (Å²) in [7, 11) is 0. The predicted octanol–water partition coefficient (Wildman–Crippen LogP) is 3.54. The summed E-state index contributed by atoms with van der Waals surface area (Å²) in [6.07, 6.45) is 5.02. The highest BCUT2D eigenvalue weighted by molar-refractivity contribution is 7.10. The molecule has 0 fully saturated rings. The van der Waals surface area contributed by atoms with Crippen molar-refractivity contribution in [1.29, 1.82) is 0 Å². The van der Waals surface area contributed by atoms with Gasteiger partial charge in [0.2, 0.25) is 0 Å². The van der Waals surface area contributed by atoms with Crippen LogP contribution in [-0.2, 0) is 11.3 Å². The van der Waals surface area contributed by atoms with Crippen molar-refractivity contribution in [2.45, 2.75) is 13.5 Å². The minimum absolute atomic E-state index is 0.206. The Balaban J connectivity index is 1.76. The first-order valence-corrected chi connectivity index (χ1v) is 9.30. The van der Waals surface area contributed by atoms with Gasteiger partial charge in [-0.1, -0.05) is 23.8 Å². The maximum absolute atomic E-state index is 12.7. The van der Waals surface area contributed by atoms with Crippen LogP contribution in [0.5, 0.6) is 0 Å². The number of hydrogen-bond donors (Lipinski definition) is 2. The zero-order valence-corrected chi connectivity index (χ0v) is 15.6. The zero-order valence-electron chi connectivity index (χ0n) is 14.8. The third-order valence-electron chi connectivity index (χ3n) is 3.81. The normalized spacial score (nSPS) is 11.1. The molecule has 0 atom stereocenters. The lowest BCUT2D eigenvalue weighted by Crippen LogP contribution is -2.34. The summed E-state index contributed by atoms with van der Waals surface area (Å²) in [6, 6.07) is 14.7. The van der Waals surface area contributed by atoms with Crippen LogP contribution in [-0.4, -0.2) is 16.8 Å². The second-order valence-corrected chi connectivity index (χ2v) is 6.91. The molecule has 136 valence electrons. The van der Waals surface area contributed by atoms with E-state index in [0.717, 1.165) is 16.0 Å². The van der Waals surface area contributed by atoms with Crippen LogP contribution in [0.25, 0.3) is 6.08 Å². The van der Waals surface area contributed by atoms with E-state index in [1.54, 1.807) is 30.6 Å². The molecule has 0 saturated carbocycles. The lowest BCUT2D eigenvalue weighted by molar-refractivity contribution is -0.117. The van der Waals surface area contributed by atoms with E-state index in [0.29, 0.717) is 12.1 Å². The molecule has 2 aromatic heterocycles. The Bertz CT molecular complexity index is 951. The summed E-state index contributed by atoms with van der Waals surface area (Å²) < 4.78 is 0. The van der Waals surface area contributed by atoms with Gasteiger partial charge in [-0.15, -0.1) is 11.3 Å². The monoisotopic (exact) mass is 377 g/mol. The molecule has 0 unspecified atom stereocenters. The molecule has 1 aromatic carbocycles. The second-order valence-electron chi connectivity index (χ2n) is 5.94. The lowest BCUT2D eigenvalue weighted by Gasteiger charge is -2.11. The quantitative estimate of drug-likeness (QED) is 0.646. The molecule has 2 N–H and O–H groups in total. The van der Waals surface area contributed by atoms with Crippen LogP contribution in [0.15, 0.2) is 72.0 Å². The summed E-state index contributed by atoms with van der Waals surface area (Å²) in [5.41, 5.74) is 2.62. The average molecular weight is 377 g/mol. The Morgan fingerprint density at radius 3 is 2.63 bits per heavy atom. The minimum atomic E-state index is -0.346. The number of nitrogens with one attached hydrogen (secondary N) is 2. The topological polar surface area (TPSA) is 71.1 Å². The maximum atomic E-state index is 12.7. The van der Waals surface area contributed by atoms with E-state index >= 15 is 0 Å². The number of rotatable bonds is 6. The number of pyridine rings is 1. The van der Waals surface area contributed by atoms with Crippen LogP contribution in [0.1, 0.15) is 26.4 Å². The largest absolute Gasteiger partial charge is 0.347 e. The molecule has 6 heteroatoms. The van der Waals surface area contributed by atoms with Gasteiger partial charge in [0.15, 0.2) is 0 Å². The van der Waals surface area contributed by atoms with Gasteiger partial charge in [0, 0.05) is 29.4 Å². The molecule has 0 saturated heterocycles. The van der Waals surface area contributed by atoms with Gasteiger partial charge in [0.05, 0.1) is 0 Å². The van der Waals surface area contributed by atoms with Crippen molar-refractivity contribution in [3.63, 3.8) is 0 Å². The van der Waals surface area contributed by atoms with Crippen LogP contribution < -0.4 is 10.6 Å². The summed E-state index contributed by atoms with van der Waals surface area (Å²) in [5.74, 6) is -0.665. The number of aryl methyl sites for hydroxylation is 1. The van der Waals surface area contributed by atoms with Gasteiger partial charge in [-0.3, -0.25) is 14.6 Å². The Labute approximate surface area is 161 Å². The highest BCUT2D eigenvalue weighted by Gasteiger charge is 2.15. The molecule has 0 radical (unpaired) electrons. The number of carbonyl (C=O) groups excluding carboxylic acids is 2. The van der Waals surface area contributed by atoms with Crippen molar-refractivity contribution >= 4 is 29.2 Å². The number of carbonyl (C=O) groups is 2. The Morgan fingerprint density at radius 1 is 1.11 bits per heavy atom. The first kappa shape index (κ1) is 18.5. The Kier molecular flexibility index (Phi) is 6.12. The van der Waals surface area contributed by atoms with Crippen LogP contribution in [0, 0.1) is 6.92 Å². The Hall–Kier alpha value is -3.25. The van der Waals surface area contributed by atoms with Gasteiger partial charge < -0.3 is 10.6 Å². The predicted molar refractivity (Wildman–Crippen MR) is 107 cm³/mol. The fourth-order valence-corrected chi connectivity index (χ4v) is 3.09. The number of benzene rings is 1. The first-order chi connectivity index (χ1) is 13.1. The summed E-state index contributed by atoms with van der Waals surface area (Å²) in [4.78, 5) is 30.1. The van der Waals surface area contributed by atoms with Crippen molar-refractivity contribution in [1.82, 2.24) is 15.6 Å². The van der Waals surface area contributed by atoms with Crippen LogP contribution in [0.2, 0.25) is 0 Å². The average Bonchev–Trinajstić information content (AvgIpc) is 3.19. The van der Waals surface area contributed by atoms with Gasteiger partial charge in [0.1, 0.15) is 5.70 Å². The number of hydrogen-bond acceptors (Lipinski definition) is 4. The van der Waals surface area contributed by atoms with E-state index in [1.807, 2.05) is 48.7 Å². The van der Waals surface area contributed by atoms with E-state index in [2.05, 4.69) is 15.6 Å². The zero-order chi connectivity index (χ0) is 19.1. The number of aromatic nitrogens is 1. The number of nitrogens with zero attached hydrogens (tertiary/aromatic N) is 1. The molecule has 3 rings (SSSR count). The van der Waals surface area contributed by atoms with E-state index in [4.69, 9.17) is 0 Å². The Morgan fingerprint density at radius 2 is 1.93 bits per heavy atom. The fourth-order valence-electron chi connectivity index (χ4n) is 2.43.